The number of hydrogen-bond donors (Lipinski definition) is 1. The lowest BCUT2D eigenvalue weighted by atomic mass is 9.77. The van der Waals surface area contributed by atoms with Crippen LogP contribution < -0.4 is 0 Å². The zero-order chi connectivity index (χ0) is 14.9. The summed E-state index contributed by atoms with van der Waals surface area (Å²) in [6.45, 7) is 5.71. The Morgan fingerprint density at radius 1 is 1.25 bits per heavy atom. The van der Waals surface area contributed by atoms with Gasteiger partial charge in [0.15, 0.2) is 0 Å². The van der Waals surface area contributed by atoms with Crippen LogP contribution in [0, 0.1) is 11.8 Å². The highest BCUT2D eigenvalue weighted by molar-refractivity contribution is 5.82. The maximum atomic E-state index is 12.4. The molecular formula is C15H21NO4. The van der Waals surface area contributed by atoms with E-state index in [4.69, 9.17) is 4.74 Å². The summed E-state index contributed by atoms with van der Waals surface area (Å²) in [4.78, 5) is 25.0. The van der Waals surface area contributed by atoms with E-state index in [1.165, 1.54) is 4.90 Å². The van der Waals surface area contributed by atoms with Gasteiger partial charge in [-0.3, -0.25) is 4.90 Å². The molecule has 1 amide bonds. The summed E-state index contributed by atoms with van der Waals surface area (Å²) in [6, 6.07) is -0.758. The summed E-state index contributed by atoms with van der Waals surface area (Å²) in [5.41, 5.74) is -0.623. The highest BCUT2D eigenvalue weighted by Gasteiger charge is 2.44. The number of carbonyl (C=O) groups excluding carboxylic acids is 1. The molecule has 110 valence electrons. The Hall–Kier alpha value is -1.78. The molecule has 1 heterocycles. The van der Waals surface area contributed by atoms with Crippen molar-refractivity contribution in [1.82, 2.24) is 4.90 Å². The largest absolute Gasteiger partial charge is 0.465 e. The van der Waals surface area contributed by atoms with Gasteiger partial charge in [-0.1, -0.05) is 24.3 Å². The fourth-order valence-corrected chi connectivity index (χ4v) is 2.79. The molecule has 20 heavy (non-hydrogen) atoms. The molecule has 0 aromatic heterocycles. The summed E-state index contributed by atoms with van der Waals surface area (Å²) in [5, 5.41) is 9.32. The summed E-state index contributed by atoms with van der Waals surface area (Å²) < 4.78 is 5.40. The van der Waals surface area contributed by atoms with Crippen molar-refractivity contribution in [1.29, 1.82) is 0 Å². The number of rotatable bonds is 1. The van der Waals surface area contributed by atoms with Crippen LogP contribution in [0.25, 0.3) is 0 Å². The molecule has 1 N–H and O–H groups in total. The van der Waals surface area contributed by atoms with Crippen LogP contribution in [0.4, 0.5) is 4.79 Å². The van der Waals surface area contributed by atoms with Crippen LogP contribution in [0.5, 0.6) is 0 Å². The normalized spacial score (nSPS) is 28.9. The van der Waals surface area contributed by atoms with Gasteiger partial charge in [-0.2, -0.15) is 0 Å². The SMILES string of the molecule is CC(C)(C)OC(=O)C1C2C=CC=CC2CCN1C(=O)O. The van der Waals surface area contributed by atoms with Crippen LogP contribution in [0.15, 0.2) is 24.3 Å². The molecule has 5 heteroatoms. The second kappa shape index (κ2) is 5.31. The molecule has 1 saturated heterocycles. The Morgan fingerprint density at radius 3 is 2.50 bits per heavy atom. The molecular weight excluding hydrogens is 258 g/mol. The average Bonchev–Trinajstić information content (AvgIpc) is 2.35. The van der Waals surface area contributed by atoms with Crippen molar-refractivity contribution in [2.75, 3.05) is 6.54 Å². The third-order valence-corrected chi connectivity index (χ3v) is 3.59. The van der Waals surface area contributed by atoms with E-state index in [0.717, 1.165) is 6.42 Å². The number of amides is 1. The molecule has 0 saturated carbocycles. The Balaban J connectivity index is 2.26. The molecule has 0 spiro atoms. The number of carbonyl (C=O) groups is 2. The number of fused-ring (bicyclic) bond motifs is 1. The lowest BCUT2D eigenvalue weighted by Crippen LogP contribution is -2.56. The van der Waals surface area contributed by atoms with E-state index in [2.05, 4.69) is 0 Å². The van der Waals surface area contributed by atoms with Crippen LogP contribution >= 0.6 is 0 Å². The van der Waals surface area contributed by atoms with Gasteiger partial charge in [-0.25, -0.2) is 9.59 Å². The molecule has 3 atom stereocenters. The standard InChI is InChI=1S/C15H21NO4/c1-15(2,3)20-13(17)12-11-7-5-4-6-10(11)8-9-16(12)14(18)19/h4-7,10-12H,8-9H2,1-3H3,(H,18,19). The molecule has 5 nitrogen and oxygen atoms in total. The summed E-state index contributed by atoms with van der Waals surface area (Å²) in [7, 11) is 0. The van der Waals surface area contributed by atoms with Gasteiger partial charge < -0.3 is 9.84 Å². The lowest BCUT2D eigenvalue weighted by Gasteiger charge is -2.42. The highest BCUT2D eigenvalue weighted by atomic mass is 16.6. The Labute approximate surface area is 118 Å². The van der Waals surface area contributed by atoms with E-state index in [0.29, 0.717) is 6.54 Å². The molecule has 1 aliphatic heterocycles. The predicted molar refractivity (Wildman–Crippen MR) is 74.2 cm³/mol. The third-order valence-electron chi connectivity index (χ3n) is 3.59. The van der Waals surface area contributed by atoms with Gasteiger partial charge in [0.25, 0.3) is 0 Å². The first-order valence-electron chi connectivity index (χ1n) is 6.87. The van der Waals surface area contributed by atoms with Gasteiger partial charge >= 0.3 is 12.1 Å². The second-order valence-corrected chi connectivity index (χ2v) is 6.25. The molecule has 1 fully saturated rings. The molecule has 1 aliphatic carbocycles. The Bertz CT molecular complexity index is 461. The van der Waals surface area contributed by atoms with Gasteiger partial charge in [-0.05, 0) is 33.1 Å². The first-order chi connectivity index (χ1) is 9.29. The monoisotopic (exact) mass is 279 g/mol. The van der Waals surface area contributed by atoms with E-state index < -0.39 is 23.7 Å². The zero-order valence-electron chi connectivity index (χ0n) is 12.1. The van der Waals surface area contributed by atoms with Crippen molar-refractivity contribution in [3.05, 3.63) is 24.3 Å². The minimum atomic E-state index is -1.07. The molecule has 0 aromatic rings. The molecule has 3 unspecified atom stereocenters. The predicted octanol–water partition coefficient (Wildman–Crippen LogP) is 2.44. The smallest absolute Gasteiger partial charge is 0.408 e. The van der Waals surface area contributed by atoms with Gasteiger partial charge in [0.2, 0.25) is 0 Å². The van der Waals surface area contributed by atoms with Crippen molar-refractivity contribution >= 4 is 12.1 Å². The Kier molecular flexibility index (Phi) is 3.88. The first-order valence-corrected chi connectivity index (χ1v) is 6.87. The number of ether oxygens (including phenoxy) is 1. The van der Waals surface area contributed by atoms with Crippen LogP contribution in [0.1, 0.15) is 27.2 Å². The quantitative estimate of drug-likeness (QED) is 0.749. The van der Waals surface area contributed by atoms with E-state index in [1.807, 2.05) is 24.3 Å². The number of likely N-dealkylation sites (tertiary alicyclic amines) is 1. The molecule has 2 aliphatic rings. The number of esters is 1. The minimum Gasteiger partial charge on any atom is -0.465 e. The van der Waals surface area contributed by atoms with E-state index in [9.17, 15) is 14.7 Å². The number of allylic oxidation sites excluding steroid dienone is 3. The van der Waals surface area contributed by atoms with Crippen LogP contribution in [-0.4, -0.2) is 40.3 Å². The van der Waals surface area contributed by atoms with Crippen molar-refractivity contribution in [2.45, 2.75) is 38.8 Å². The molecule has 0 radical (unpaired) electrons. The average molecular weight is 279 g/mol. The van der Waals surface area contributed by atoms with E-state index in [1.54, 1.807) is 20.8 Å². The highest BCUT2D eigenvalue weighted by Crippen LogP contribution is 2.34. The van der Waals surface area contributed by atoms with Crippen LogP contribution in [-0.2, 0) is 9.53 Å². The topological polar surface area (TPSA) is 66.8 Å². The molecule has 0 bridgehead atoms. The van der Waals surface area contributed by atoms with Gasteiger partial charge in [0.1, 0.15) is 11.6 Å². The maximum Gasteiger partial charge on any atom is 0.408 e. The van der Waals surface area contributed by atoms with Crippen LogP contribution in [0.3, 0.4) is 0 Å². The van der Waals surface area contributed by atoms with Crippen LogP contribution in [0.2, 0.25) is 0 Å². The van der Waals surface area contributed by atoms with E-state index in [-0.39, 0.29) is 11.8 Å². The fourth-order valence-electron chi connectivity index (χ4n) is 2.79. The maximum absolute atomic E-state index is 12.4. The van der Waals surface area contributed by atoms with Gasteiger partial charge in [0.05, 0.1) is 0 Å². The number of piperidine rings is 1. The fraction of sp³-hybridized carbons (Fsp3) is 0.600. The molecule has 0 aromatic carbocycles. The van der Waals surface area contributed by atoms with Gasteiger partial charge in [0, 0.05) is 12.5 Å². The number of carboxylic acid groups (broad SMARTS) is 1. The Morgan fingerprint density at radius 2 is 1.90 bits per heavy atom. The lowest BCUT2D eigenvalue weighted by molar-refractivity contribution is -0.164. The summed E-state index contributed by atoms with van der Waals surface area (Å²) >= 11 is 0. The minimum absolute atomic E-state index is 0.139. The summed E-state index contributed by atoms with van der Waals surface area (Å²) in [5.74, 6) is -0.401. The molecule has 2 rings (SSSR count). The first kappa shape index (κ1) is 14.6. The third kappa shape index (κ3) is 3.03. The van der Waals surface area contributed by atoms with Gasteiger partial charge in [-0.15, -0.1) is 0 Å². The zero-order valence-corrected chi connectivity index (χ0v) is 12.1. The van der Waals surface area contributed by atoms with Crippen molar-refractivity contribution in [2.24, 2.45) is 11.8 Å². The second-order valence-electron chi connectivity index (χ2n) is 6.25. The summed E-state index contributed by atoms with van der Waals surface area (Å²) in [6.07, 6.45) is 7.43. The van der Waals surface area contributed by atoms with Crippen molar-refractivity contribution in [3.63, 3.8) is 0 Å². The van der Waals surface area contributed by atoms with E-state index >= 15 is 0 Å². The number of hydrogen-bond acceptors (Lipinski definition) is 3. The van der Waals surface area contributed by atoms with Crippen molar-refractivity contribution < 1.29 is 19.4 Å². The van der Waals surface area contributed by atoms with Crippen molar-refractivity contribution in [3.8, 4) is 0 Å². The number of nitrogens with zero attached hydrogens (tertiary/aromatic N) is 1.